The molecule has 0 bridgehead atoms. The molecule has 0 heterocycles. The topological polar surface area (TPSA) is 40.5 Å². The van der Waals surface area contributed by atoms with E-state index in [1.807, 2.05) is 0 Å². The molecule has 0 aromatic carbocycles. The van der Waals surface area contributed by atoms with Gasteiger partial charge in [0, 0.05) is 0 Å². The third-order valence-corrected chi connectivity index (χ3v) is 7.77. The van der Waals surface area contributed by atoms with Crippen LogP contribution in [-0.4, -0.2) is 22.4 Å². The second kappa shape index (κ2) is 8.02. The molecule has 26 heavy (non-hydrogen) atoms. The number of aliphatic hydroxyl groups is 2. The number of hydrogen-bond acceptors (Lipinski definition) is 2. The molecule has 146 valence electrons. The largest absolute Gasteiger partial charge is 0.388 e. The molecule has 1 unspecified atom stereocenters. The van der Waals surface area contributed by atoms with Gasteiger partial charge < -0.3 is 10.2 Å². The van der Waals surface area contributed by atoms with Crippen LogP contribution in [-0.2, 0) is 0 Å². The van der Waals surface area contributed by atoms with E-state index in [0.29, 0.717) is 23.8 Å². The number of hydrogen-bond donors (Lipinski definition) is 2. The van der Waals surface area contributed by atoms with Crippen molar-refractivity contribution in [3.8, 4) is 0 Å². The molecule has 0 aromatic rings. The molecule has 3 aliphatic rings. The Morgan fingerprint density at radius 2 is 1.88 bits per heavy atom. The minimum Gasteiger partial charge on any atom is -0.388 e. The summed E-state index contributed by atoms with van der Waals surface area (Å²) in [6.45, 7) is 11.1. The molecule has 6 atom stereocenters. The van der Waals surface area contributed by atoms with Gasteiger partial charge >= 0.3 is 0 Å². The highest BCUT2D eigenvalue weighted by Crippen LogP contribution is 2.59. The van der Waals surface area contributed by atoms with E-state index < -0.39 is 12.2 Å². The highest BCUT2D eigenvalue weighted by atomic mass is 16.3. The molecule has 3 saturated carbocycles. The van der Waals surface area contributed by atoms with Crippen molar-refractivity contribution in [2.75, 3.05) is 0 Å². The zero-order valence-electron chi connectivity index (χ0n) is 17.0. The van der Waals surface area contributed by atoms with Gasteiger partial charge in [0.05, 0.1) is 12.2 Å². The first-order valence-corrected chi connectivity index (χ1v) is 10.8. The molecule has 0 aliphatic heterocycles. The van der Waals surface area contributed by atoms with Crippen LogP contribution >= 0.6 is 0 Å². The van der Waals surface area contributed by atoms with Crippen LogP contribution in [0.25, 0.3) is 0 Å². The zero-order chi connectivity index (χ0) is 18.9. The van der Waals surface area contributed by atoms with Gasteiger partial charge in [0.2, 0.25) is 0 Å². The molecule has 0 aromatic heterocycles. The normalized spacial score (nSPS) is 40.6. The first-order valence-electron chi connectivity index (χ1n) is 10.8. The van der Waals surface area contributed by atoms with Crippen LogP contribution < -0.4 is 0 Å². The lowest BCUT2D eigenvalue weighted by atomic mass is 9.61. The number of aliphatic hydroxyl groups excluding tert-OH is 2. The average molecular weight is 359 g/mol. The van der Waals surface area contributed by atoms with Crippen LogP contribution in [0.2, 0.25) is 0 Å². The minimum atomic E-state index is -0.592. The Bertz CT molecular complexity index is 571. The first-order chi connectivity index (χ1) is 12.4. The van der Waals surface area contributed by atoms with E-state index >= 15 is 0 Å². The van der Waals surface area contributed by atoms with Gasteiger partial charge in [-0.05, 0) is 73.7 Å². The van der Waals surface area contributed by atoms with Crippen LogP contribution in [0.1, 0.15) is 78.6 Å². The van der Waals surface area contributed by atoms with Crippen molar-refractivity contribution in [2.45, 2.75) is 90.8 Å². The summed E-state index contributed by atoms with van der Waals surface area (Å²) in [5.74, 6) is 2.43. The summed E-state index contributed by atoms with van der Waals surface area (Å²) in [5, 5.41) is 20.1. The number of fused-ring (bicyclic) bond motifs is 1. The van der Waals surface area contributed by atoms with Gasteiger partial charge in [-0.2, -0.15) is 0 Å². The molecule has 0 amide bonds. The van der Waals surface area contributed by atoms with Crippen molar-refractivity contribution < 1.29 is 10.2 Å². The van der Waals surface area contributed by atoms with Crippen LogP contribution in [0.5, 0.6) is 0 Å². The van der Waals surface area contributed by atoms with E-state index in [4.69, 9.17) is 0 Å². The Balaban J connectivity index is 1.76. The number of allylic oxidation sites excluding steroid dienone is 3. The van der Waals surface area contributed by atoms with Crippen molar-refractivity contribution in [2.24, 2.45) is 23.2 Å². The highest BCUT2D eigenvalue weighted by molar-refractivity contribution is 5.29. The molecule has 0 saturated heterocycles. The Hall–Kier alpha value is -0.860. The standard InChI is InChI=1S/C24H38O2/c1-5-7-16(2)20-11-12-21-19(8-6-13-24(20,21)4)10-9-18-14-22(25)17(3)23(26)15-18/h9-10,16,20-23,25-26H,3,5-8,11-15H2,1-2,4H3/b19-10+/t16-,20?,21-,22+,23+,24+/m0/s1. The third-order valence-electron chi connectivity index (χ3n) is 7.77. The van der Waals surface area contributed by atoms with Gasteiger partial charge in [-0.25, -0.2) is 0 Å². The maximum atomic E-state index is 10.1. The van der Waals surface area contributed by atoms with Crippen molar-refractivity contribution in [3.63, 3.8) is 0 Å². The van der Waals surface area contributed by atoms with Crippen LogP contribution in [0.4, 0.5) is 0 Å². The summed E-state index contributed by atoms with van der Waals surface area (Å²) in [4.78, 5) is 0. The molecule has 0 spiro atoms. The lowest BCUT2D eigenvalue weighted by Crippen LogP contribution is -2.36. The van der Waals surface area contributed by atoms with E-state index in [0.717, 1.165) is 23.3 Å². The summed E-state index contributed by atoms with van der Waals surface area (Å²) < 4.78 is 0. The van der Waals surface area contributed by atoms with Gasteiger partial charge in [-0.15, -0.1) is 0 Å². The van der Waals surface area contributed by atoms with E-state index in [9.17, 15) is 10.2 Å². The van der Waals surface area contributed by atoms with Gasteiger partial charge in [0.15, 0.2) is 0 Å². The van der Waals surface area contributed by atoms with Crippen molar-refractivity contribution in [1.29, 1.82) is 0 Å². The maximum Gasteiger partial charge on any atom is 0.0809 e. The molecular formula is C24H38O2. The number of rotatable bonds is 4. The highest BCUT2D eigenvalue weighted by Gasteiger charge is 2.50. The Morgan fingerprint density at radius 1 is 1.19 bits per heavy atom. The Labute approximate surface area is 160 Å². The van der Waals surface area contributed by atoms with Crippen LogP contribution in [0.15, 0.2) is 35.5 Å². The van der Waals surface area contributed by atoms with Crippen molar-refractivity contribution in [3.05, 3.63) is 35.5 Å². The minimum absolute atomic E-state index is 0.469. The van der Waals surface area contributed by atoms with Gasteiger partial charge in [0.1, 0.15) is 0 Å². The fraction of sp³-hybridized carbons (Fsp3) is 0.750. The van der Waals surface area contributed by atoms with E-state index in [1.165, 1.54) is 44.9 Å². The predicted molar refractivity (Wildman–Crippen MR) is 109 cm³/mol. The van der Waals surface area contributed by atoms with Gasteiger partial charge in [-0.3, -0.25) is 0 Å². The molecular weight excluding hydrogens is 320 g/mol. The molecule has 3 fully saturated rings. The monoisotopic (exact) mass is 358 g/mol. The van der Waals surface area contributed by atoms with Crippen molar-refractivity contribution in [1.82, 2.24) is 0 Å². The molecule has 2 N–H and O–H groups in total. The molecule has 2 nitrogen and oxygen atoms in total. The SMILES string of the molecule is C=C1[C@H](O)CC(=C/C=C2\CCC[C@]3(C)C([C@@H](C)CCC)CC[C@@H]23)C[C@H]1O. The smallest absolute Gasteiger partial charge is 0.0809 e. The van der Waals surface area contributed by atoms with Crippen LogP contribution in [0.3, 0.4) is 0 Å². The van der Waals surface area contributed by atoms with Gasteiger partial charge in [0.25, 0.3) is 0 Å². The van der Waals surface area contributed by atoms with E-state index in [1.54, 1.807) is 5.57 Å². The second-order valence-corrected chi connectivity index (χ2v) is 9.44. The quantitative estimate of drug-likeness (QED) is 0.646. The van der Waals surface area contributed by atoms with E-state index in [2.05, 4.69) is 39.5 Å². The second-order valence-electron chi connectivity index (χ2n) is 9.44. The Kier molecular flexibility index (Phi) is 6.14. The summed E-state index contributed by atoms with van der Waals surface area (Å²) in [6.07, 6.45) is 13.9. The molecule has 3 aliphatic carbocycles. The fourth-order valence-electron chi connectivity index (χ4n) is 6.30. The van der Waals surface area contributed by atoms with Crippen LogP contribution in [0, 0.1) is 23.2 Å². The summed E-state index contributed by atoms with van der Waals surface area (Å²) in [5.41, 5.74) is 3.82. The molecule has 3 rings (SSSR count). The van der Waals surface area contributed by atoms with Gasteiger partial charge in [-0.1, -0.05) is 63.5 Å². The van der Waals surface area contributed by atoms with Crippen molar-refractivity contribution >= 4 is 0 Å². The molecule has 2 heteroatoms. The zero-order valence-corrected chi connectivity index (χ0v) is 17.0. The fourth-order valence-corrected chi connectivity index (χ4v) is 6.30. The first kappa shape index (κ1) is 19.9. The lowest BCUT2D eigenvalue weighted by molar-refractivity contribution is 0.0940. The predicted octanol–water partition coefficient (Wildman–Crippen LogP) is 5.56. The summed E-state index contributed by atoms with van der Waals surface area (Å²) in [7, 11) is 0. The summed E-state index contributed by atoms with van der Waals surface area (Å²) in [6, 6.07) is 0. The maximum absolute atomic E-state index is 10.1. The van der Waals surface area contributed by atoms with E-state index in [-0.39, 0.29) is 0 Å². The third kappa shape index (κ3) is 3.73. The Morgan fingerprint density at radius 3 is 2.54 bits per heavy atom. The lowest BCUT2D eigenvalue weighted by Gasteiger charge is -2.44. The molecule has 0 radical (unpaired) electrons. The average Bonchev–Trinajstić information content (AvgIpc) is 2.95. The summed E-state index contributed by atoms with van der Waals surface area (Å²) >= 11 is 0.